The summed E-state index contributed by atoms with van der Waals surface area (Å²) in [5.74, 6) is -1.63. The molecule has 0 radical (unpaired) electrons. The maximum Gasteiger partial charge on any atom is 0.332 e. The summed E-state index contributed by atoms with van der Waals surface area (Å²) >= 11 is 0.830. The maximum absolute atomic E-state index is 12.6. The first kappa shape index (κ1) is 17.2. The Morgan fingerprint density at radius 3 is 2.58 bits per heavy atom. The van der Waals surface area contributed by atoms with Gasteiger partial charge in [-0.25, -0.2) is 4.79 Å². The summed E-state index contributed by atoms with van der Waals surface area (Å²) in [4.78, 5) is 35.8. The van der Waals surface area contributed by atoms with Crippen LogP contribution in [0.3, 0.4) is 0 Å². The van der Waals surface area contributed by atoms with Gasteiger partial charge in [-0.3, -0.25) is 14.2 Å². The van der Waals surface area contributed by atoms with Gasteiger partial charge in [0, 0.05) is 6.08 Å². The first-order valence-electron chi connectivity index (χ1n) is 6.89. The lowest BCUT2D eigenvalue weighted by Gasteiger charge is -2.01. The van der Waals surface area contributed by atoms with Gasteiger partial charge in [0.25, 0.3) is 11.5 Å². The van der Waals surface area contributed by atoms with Gasteiger partial charge in [-0.2, -0.15) is 5.26 Å². The zero-order valence-corrected chi connectivity index (χ0v) is 13.5. The maximum atomic E-state index is 12.6. The number of carbonyl (C=O) groups excluding carboxylic acids is 2. The molecule has 1 aromatic heterocycles. The third-order valence-electron chi connectivity index (χ3n) is 2.95. The van der Waals surface area contributed by atoms with Crippen molar-refractivity contribution < 1.29 is 14.3 Å². The third kappa shape index (κ3) is 3.42. The molecule has 122 valence electrons. The second-order valence-electron chi connectivity index (χ2n) is 4.50. The van der Waals surface area contributed by atoms with Crippen LogP contribution in [0.1, 0.15) is 6.92 Å². The number of benzene rings is 1. The van der Waals surface area contributed by atoms with Gasteiger partial charge < -0.3 is 10.5 Å². The number of thiazole rings is 1. The lowest BCUT2D eigenvalue weighted by atomic mass is 10.3. The first-order chi connectivity index (χ1) is 11.5. The van der Waals surface area contributed by atoms with Gasteiger partial charge in [0.2, 0.25) is 0 Å². The number of rotatable bonds is 4. The van der Waals surface area contributed by atoms with Gasteiger partial charge in [-0.15, -0.1) is 11.3 Å². The molecule has 0 unspecified atom stereocenters. The molecule has 0 saturated heterocycles. The Labute approximate surface area is 140 Å². The Morgan fingerprint density at radius 1 is 1.38 bits per heavy atom. The van der Waals surface area contributed by atoms with Crippen molar-refractivity contribution in [1.82, 2.24) is 4.57 Å². The second-order valence-corrected chi connectivity index (χ2v) is 5.53. The van der Waals surface area contributed by atoms with Gasteiger partial charge in [0.05, 0.1) is 12.3 Å². The van der Waals surface area contributed by atoms with Crippen molar-refractivity contribution in [2.45, 2.75) is 6.92 Å². The Bertz CT molecular complexity index is 997. The Morgan fingerprint density at radius 2 is 2.04 bits per heavy atom. The number of hydrogen-bond acceptors (Lipinski definition) is 6. The minimum absolute atomic E-state index is 0.0429. The molecular weight excluding hydrogens is 330 g/mol. The van der Waals surface area contributed by atoms with Crippen molar-refractivity contribution in [3.8, 4) is 11.8 Å². The van der Waals surface area contributed by atoms with Crippen molar-refractivity contribution in [2.24, 2.45) is 5.73 Å². The van der Waals surface area contributed by atoms with Crippen molar-refractivity contribution in [3.63, 3.8) is 0 Å². The minimum atomic E-state index is -0.953. The summed E-state index contributed by atoms with van der Waals surface area (Å²) in [6.07, 6.45) is 1.04. The average Bonchev–Trinajstić information content (AvgIpc) is 2.85. The smallest absolute Gasteiger partial charge is 0.332 e. The summed E-state index contributed by atoms with van der Waals surface area (Å²) < 4.78 is 6.08. The molecule has 8 heteroatoms. The average molecular weight is 343 g/mol. The molecule has 0 bridgehead atoms. The van der Waals surface area contributed by atoms with Crippen LogP contribution in [0.2, 0.25) is 0 Å². The van der Waals surface area contributed by atoms with Crippen LogP contribution in [-0.2, 0) is 14.3 Å². The van der Waals surface area contributed by atoms with Crippen LogP contribution in [0.15, 0.2) is 35.1 Å². The largest absolute Gasteiger partial charge is 0.463 e. The standard InChI is InChI=1S/C16H13N3O4S/c1-2-23-13(20)8-12-15(22)19(10-6-4-3-5-7-10)16(24-12)11(9-17)14(18)21/h3-8H,2H2,1H3,(H2,18,21)/b12-8-,16-11?. The van der Waals surface area contributed by atoms with Crippen LogP contribution in [0.25, 0.3) is 17.3 Å². The van der Waals surface area contributed by atoms with Crippen molar-refractivity contribution in [2.75, 3.05) is 6.61 Å². The molecule has 1 amide bonds. The summed E-state index contributed by atoms with van der Waals surface area (Å²) in [6, 6.07) is 10.2. The number of nitrogens with two attached hydrogens (primary N) is 1. The molecular formula is C16H13N3O4S. The van der Waals surface area contributed by atoms with E-state index in [0.29, 0.717) is 5.69 Å². The first-order valence-corrected chi connectivity index (χ1v) is 7.71. The van der Waals surface area contributed by atoms with E-state index in [9.17, 15) is 19.6 Å². The molecule has 2 aromatic rings. The molecule has 7 nitrogen and oxygen atoms in total. The molecule has 24 heavy (non-hydrogen) atoms. The number of para-hydroxylation sites is 1. The molecule has 0 atom stereocenters. The van der Waals surface area contributed by atoms with Crippen LogP contribution < -0.4 is 20.5 Å². The van der Waals surface area contributed by atoms with E-state index in [2.05, 4.69) is 0 Å². The molecule has 0 aliphatic carbocycles. The van der Waals surface area contributed by atoms with Crippen LogP contribution in [0.5, 0.6) is 0 Å². The lowest BCUT2D eigenvalue weighted by Crippen LogP contribution is -2.32. The van der Waals surface area contributed by atoms with Gasteiger partial charge in [0.1, 0.15) is 15.3 Å². The molecule has 2 N–H and O–H groups in total. The summed E-state index contributed by atoms with van der Waals surface area (Å²) in [5, 5.41) is 9.19. The van der Waals surface area contributed by atoms with E-state index >= 15 is 0 Å². The number of ether oxygens (including phenoxy) is 1. The Hall–Kier alpha value is -3.18. The summed E-state index contributed by atoms with van der Waals surface area (Å²) in [5.41, 5.74) is 4.78. The summed E-state index contributed by atoms with van der Waals surface area (Å²) in [6.45, 7) is 1.81. The van der Waals surface area contributed by atoms with Crippen molar-refractivity contribution in [1.29, 1.82) is 5.26 Å². The number of esters is 1. The molecule has 1 heterocycles. The number of primary amides is 1. The van der Waals surface area contributed by atoms with E-state index in [1.807, 2.05) is 0 Å². The normalized spacial score (nSPS) is 12.4. The Kier molecular flexibility index (Phi) is 5.29. The predicted octanol–water partition coefficient (Wildman–Crippen LogP) is -0.598. The molecule has 0 fully saturated rings. The van der Waals surface area contributed by atoms with Crippen molar-refractivity contribution in [3.05, 3.63) is 49.9 Å². The highest BCUT2D eigenvalue weighted by atomic mass is 32.1. The van der Waals surface area contributed by atoms with Gasteiger partial charge >= 0.3 is 5.97 Å². The second kappa shape index (κ2) is 7.39. The van der Waals surface area contributed by atoms with Crippen LogP contribution >= 0.6 is 11.3 Å². The number of hydrogen-bond donors (Lipinski definition) is 1. The van der Waals surface area contributed by atoms with Crippen LogP contribution in [0.4, 0.5) is 0 Å². The fourth-order valence-electron chi connectivity index (χ4n) is 1.96. The highest BCUT2D eigenvalue weighted by molar-refractivity contribution is 7.07. The van der Waals surface area contributed by atoms with E-state index < -0.39 is 17.4 Å². The van der Waals surface area contributed by atoms with Crippen LogP contribution in [0, 0.1) is 11.3 Å². The molecule has 2 rings (SSSR count). The van der Waals surface area contributed by atoms with E-state index in [0.717, 1.165) is 17.4 Å². The lowest BCUT2D eigenvalue weighted by molar-refractivity contribution is -0.135. The molecule has 1 aromatic carbocycles. The predicted molar refractivity (Wildman–Crippen MR) is 88.5 cm³/mol. The quantitative estimate of drug-likeness (QED) is 0.745. The van der Waals surface area contributed by atoms with Crippen molar-refractivity contribution >= 4 is 34.9 Å². The number of nitrogens with zero attached hydrogens (tertiary/aromatic N) is 2. The molecule has 0 aliphatic heterocycles. The monoisotopic (exact) mass is 343 g/mol. The third-order valence-corrected chi connectivity index (χ3v) is 4.04. The molecule has 0 aliphatic rings. The van der Waals surface area contributed by atoms with Gasteiger partial charge in [0.15, 0.2) is 5.57 Å². The molecule has 0 spiro atoms. The minimum Gasteiger partial charge on any atom is -0.463 e. The van der Waals surface area contributed by atoms with E-state index in [-0.39, 0.29) is 21.4 Å². The topological polar surface area (TPSA) is 115 Å². The number of amides is 1. The Balaban J connectivity index is 2.91. The van der Waals surface area contributed by atoms with Gasteiger partial charge in [-0.1, -0.05) is 18.2 Å². The zero-order valence-electron chi connectivity index (χ0n) is 12.7. The SMILES string of the molecule is CCOC(=O)/C=c1\sc(=C(C#N)C(N)=O)n(-c2ccccc2)c1=O. The van der Waals surface area contributed by atoms with Gasteiger partial charge in [-0.05, 0) is 19.1 Å². The van der Waals surface area contributed by atoms with E-state index in [4.69, 9.17) is 10.5 Å². The fourth-order valence-corrected chi connectivity index (χ4v) is 3.03. The zero-order chi connectivity index (χ0) is 17.7. The highest BCUT2D eigenvalue weighted by Gasteiger charge is 2.15. The van der Waals surface area contributed by atoms with E-state index in [1.54, 1.807) is 43.3 Å². The van der Waals surface area contributed by atoms with E-state index in [1.165, 1.54) is 4.57 Å². The number of nitriles is 1. The fraction of sp³-hybridized carbons (Fsp3) is 0.125. The molecule has 0 saturated carbocycles. The number of aromatic nitrogens is 1. The highest BCUT2D eigenvalue weighted by Crippen LogP contribution is 2.02. The summed E-state index contributed by atoms with van der Waals surface area (Å²) in [7, 11) is 0. The number of carbonyl (C=O) groups is 2. The van der Waals surface area contributed by atoms with Crippen LogP contribution in [-0.4, -0.2) is 23.1 Å².